The first-order chi connectivity index (χ1) is 9.02. The zero-order valence-electron chi connectivity index (χ0n) is 12.7. The van der Waals surface area contributed by atoms with Crippen LogP contribution < -0.4 is 10.6 Å². The van der Waals surface area contributed by atoms with Gasteiger partial charge in [-0.05, 0) is 51.1 Å². The number of nitrogens with one attached hydrogen (secondary N) is 2. The van der Waals surface area contributed by atoms with Gasteiger partial charge in [0, 0.05) is 29.7 Å². The molecule has 0 spiro atoms. The minimum Gasteiger partial charge on any atom is -0.355 e. The summed E-state index contributed by atoms with van der Waals surface area (Å²) in [6, 6.07) is 6.75. The predicted molar refractivity (Wildman–Crippen MR) is 90.0 cm³/mol. The largest absolute Gasteiger partial charge is 0.355 e. The summed E-state index contributed by atoms with van der Waals surface area (Å²) in [7, 11) is 1.90. The van der Waals surface area contributed by atoms with E-state index in [4.69, 9.17) is 0 Å². The van der Waals surface area contributed by atoms with Gasteiger partial charge in [-0.25, -0.2) is 0 Å². The van der Waals surface area contributed by atoms with Crippen LogP contribution in [0.1, 0.15) is 24.5 Å². The molecule has 0 saturated carbocycles. The Balaban J connectivity index is 0.00000361. The summed E-state index contributed by atoms with van der Waals surface area (Å²) in [6.45, 7) is 6.96. The topological polar surface area (TPSA) is 41.1 Å². The Bertz CT molecular complexity index is 426. The lowest BCUT2D eigenvalue weighted by atomic mass is 10.1. The second-order valence-electron chi connectivity index (χ2n) is 4.84. The third-order valence-corrected chi connectivity index (χ3v) is 4.17. The smallest absolute Gasteiger partial charge is 0.220 e. The Kier molecular flexibility index (Phi) is 9.72. The molecular weight excluding hydrogens is 292 g/mol. The van der Waals surface area contributed by atoms with Crippen molar-refractivity contribution in [2.45, 2.75) is 38.1 Å². The van der Waals surface area contributed by atoms with E-state index in [1.807, 2.05) is 14.0 Å². The van der Waals surface area contributed by atoms with Gasteiger partial charge < -0.3 is 10.6 Å². The predicted octanol–water partition coefficient (Wildman–Crippen LogP) is 2.93. The second-order valence-corrected chi connectivity index (χ2v) is 6.01. The number of aryl methyl sites for hydroxylation is 2. The molecule has 0 fully saturated rings. The van der Waals surface area contributed by atoms with Crippen molar-refractivity contribution in [1.82, 2.24) is 10.6 Å². The molecule has 3 nitrogen and oxygen atoms in total. The first-order valence-corrected chi connectivity index (χ1v) is 7.65. The van der Waals surface area contributed by atoms with E-state index in [9.17, 15) is 4.79 Å². The Morgan fingerprint density at radius 2 is 2.00 bits per heavy atom. The van der Waals surface area contributed by atoms with E-state index < -0.39 is 0 Å². The van der Waals surface area contributed by atoms with Crippen LogP contribution in [0.5, 0.6) is 0 Å². The third kappa shape index (κ3) is 7.17. The van der Waals surface area contributed by atoms with Gasteiger partial charge in [0.25, 0.3) is 0 Å². The summed E-state index contributed by atoms with van der Waals surface area (Å²) in [5.41, 5.74) is 2.61. The van der Waals surface area contributed by atoms with Crippen LogP contribution in [0, 0.1) is 13.8 Å². The summed E-state index contributed by atoms with van der Waals surface area (Å²) in [5, 5.41) is 6.02. The standard InChI is InChI=1S/C15H24N2OS.ClH/c1-11-5-6-14(9-12(11)2)19-8-7-15(18)17-10-13(3)16-4;/h5-6,9,13,16H,7-8,10H2,1-4H3,(H,17,18);1H. The van der Waals surface area contributed by atoms with Gasteiger partial charge in [-0.2, -0.15) is 0 Å². The van der Waals surface area contributed by atoms with Gasteiger partial charge in [0.05, 0.1) is 0 Å². The molecule has 0 saturated heterocycles. The highest BCUT2D eigenvalue weighted by Crippen LogP contribution is 2.21. The van der Waals surface area contributed by atoms with Crippen molar-refractivity contribution < 1.29 is 4.79 Å². The molecular formula is C15H25ClN2OS. The molecule has 0 radical (unpaired) electrons. The number of rotatable bonds is 7. The van der Waals surface area contributed by atoms with Crippen molar-refractivity contribution in [3.8, 4) is 0 Å². The minimum atomic E-state index is 0. The maximum Gasteiger partial charge on any atom is 0.220 e. The van der Waals surface area contributed by atoms with Crippen LogP contribution in [0.3, 0.4) is 0 Å². The van der Waals surface area contributed by atoms with Crippen LogP contribution in [-0.4, -0.2) is 31.3 Å². The maximum absolute atomic E-state index is 11.6. The lowest BCUT2D eigenvalue weighted by Crippen LogP contribution is -2.37. The fraction of sp³-hybridized carbons (Fsp3) is 0.533. The number of likely N-dealkylation sites (N-methyl/N-ethyl adjacent to an activating group) is 1. The van der Waals surface area contributed by atoms with Gasteiger partial charge in [0.1, 0.15) is 0 Å². The highest BCUT2D eigenvalue weighted by atomic mass is 35.5. The number of hydrogen-bond acceptors (Lipinski definition) is 3. The van der Waals surface area contributed by atoms with Crippen molar-refractivity contribution in [2.75, 3.05) is 19.3 Å². The zero-order chi connectivity index (χ0) is 14.3. The Morgan fingerprint density at radius 1 is 1.30 bits per heavy atom. The van der Waals surface area contributed by atoms with E-state index in [0.29, 0.717) is 19.0 Å². The van der Waals surface area contributed by atoms with Gasteiger partial charge in [-0.15, -0.1) is 24.2 Å². The summed E-state index contributed by atoms with van der Waals surface area (Å²) in [4.78, 5) is 12.9. The molecule has 0 heterocycles. The molecule has 1 unspecified atom stereocenters. The molecule has 1 aromatic carbocycles. The summed E-state index contributed by atoms with van der Waals surface area (Å²) in [5.74, 6) is 0.945. The van der Waals surface area contributed by atoms with Crippen molar-refractivity contribution >= 4 is 30.1 Å². The quantitative estimate of drug-likeness (QED) is 0.760. The highest BCUT2D eigenvalue weighted by Gasteiger charge is 2.04. The lowest BCUT2D eigenvalue weighted by Gasteiger charge is -2.11. The Hall–Kier alpha value is -0.710. The fourth-order valence-corrected chi connectivity index (χ4v) is 2.47. The average Bonchev–Trinajstić information content (AvgIpc) is 2.40. The molecule has 5 heteroatoms. The van der Waals surface area contributed by atoms with Gasteiger partial charge in [-0.3, -0.25) is 4.79 Å². The first-order valence-electron chi connectivity index (χ1n) is 6.67. The third-order valence-electron chi connectivity index (χ3n) is 3.17. The maximum atomic E-state index is 11.6. The minimum absolute atomic E-state index is 0. The monoisotopic (exact) mass is 316 g/mol. The second kappa shape index (κ2) is 10.1. The van der Waals surface area contributed by atoms with E-state index in [1.165, 1.54) is 16.0 Å². The zero-order valence-corrected chi connectivity index (χ0v) is 14.3. The molecule has 20 heavy (non-hydrogen) atoms. The molecule has 1 atom stereocenters. The van der Waals surface area contributed by atoms with Gasteiger partial charge in [0.2, 0.25) is 5.91 Å². The molecule has 1 amide bonds. The number of carbonyl (C=O) groups excluding carboxylic acids is 1. The summed E-state index contributed by atoms with van der Waals surface area (Å²) in [6.07, 6.45) is 0.564. The molecule has 2 N–H and O–H groups in total. The number of amides is 1. The van der Waals surface area contributed by atoms with Gasteiger partial charge >= 0.3 is 0 Å². The van der Waals surface area contributed by atoms with Crippen LogP contribution in [0.4, 0.5) is 0 Å². The summed E-state index contributed by atoms with van der Waals surface area (Å²) >= 11 is 1.74. The number of hydrogen-bond donors (Lipinski definition) is 2. The van der Waals surface area contributed by atoms with Crippen LogP contribution in [0.15, 0.2) is 23.1 Å². The highest BCUT2D eigenvalue weighted by molar-refractivity contribution is 7.99. The van der Waals surface area contributed by atoms with E-state index >= 15 is 0 Å². The molecule has 1 aromatic rings. The molecule has 114 valence electrons. The van der Waals surface area contributed by atoms with Crippen molar-refractivity contribution in [3.63, 3.8) is 0 Å². The molecule has 0 aromatic heterocycles. The van der Waals surface area contributed by atoms with Crippen molar-refractivity contribution in [3.05, 3.63) is 29.3 Å². The molecule has 1 rings (SSSR count). The van der Waals surface area contributed by atoms with Crippen LogP contribution in [-0.2, 0) is 4.79 Å². The first kappa shape index (κ1) is 19.3. The van der Waals surface area contributed by atoms with Gasteiger partial charge in [0.15, 0.2) is 0 Å². The lowest BCUT2D eigenvalue weighted by molar-refractivity contribution is -0.120. The van der Waals surface area contributed by atoms with Crippen molar-refractivity contribution in [1.29, 1.82) is 0 Å². The normalized spacial score (nSPS) is 11.6. The van der Waals surface area contributed by atoms with E-state index in [2.05, 4.69) is 42.7 Å². The number of carbonyl (C=O) groups is 1. The Labute approximate surface area is 132 Å². The summed E-state index contributed by atoms with van der Waals surface area (Å²) < 4.78 is 0. The van der Waals surface area contributed by atoms with E-state index in [0.717, 1.165) is 5.75 Å². The molecule has 0 aliphatic carbocycles. The van der Waals surface area contributed by atoms with Crippen molar-refractivity contribution in [2.24, 2.45) is 0 Å². The number of thioether (sulfide) groups is 1. The molecule has 0 aliphatic heterocycles. The van der Waals surface area contributed by atoms with Crippen LogP contribution in [0.25, 0.3) is 0 Å². The van der Waals surface area contributed by atoms with E-state index in [1.54, 1.807) is 11.8 Å². The molecule has 0 aliphatic rings. The Morgan fingerprint density at radius 3 is 2.60 bits per heavy atom. The van der Waals surface area contributed by atoms with E-state index in [-0.39, 0.29) is 18.3 Å². The average molecular weight is 317 g/mol. The van der Waals surface area contributed by atoms with Crippen LogP contribution in [0.2, 0.25) is 0 Å². The van der Waals surface area contributed by atoms with Gasteiger partial charge in [-0.1, -0.05) is 6.07 Å². The SMILES string of the molecule is CNC(C)CNC(=O)CCSc1ccc(C)c(C)c1.Cl. The van der Waals surface area contributed by atoms with Crippen LogP contribution >= 0.6 is 24.2 Å². The molecule has 0 bridgehead atoms. The fourth-order valence-electron chi connectivity index (χ4n) is 1.52. The number of benzene rings is 1. The number of halogens is 1.